The predicted octanol–water partition coefficient (Wildman–Crippen LogP) is 22.2. The highest BCUT2D eigenvalue weighted by Gasteiger charge is 2.19. The van der Waals surface area contributed by atoms with Crippen molar-refractivity contribution in [2.45, 2.75) is 354 Å². The van der Waals surface area contributed by atoms with Crippen molar-refractivity contribution in [3.63, 3.8) is 0 Å². The largest absolute Gasteiger partial charge is 0.462 e. The molecule has 0 spiro atoms. The number of hydrogen-bond acceptors (Lipinski definition) is 6. The molecule has 6 nitrogen and oxygen atoms in total. The summed E-state index contributed by atoms with van der Waals surface area (Å²) < 4.78 is 16.9. The molecule has 0 aromatic heterocycles. The molecule has 0 amide bonds. The Morgan fingerprint density at radius 3 is 0.838 bits per heavy atom. The highest BCUT2D eigenvalue weighted by Crippen LogP contribution is 2.18. The average molecular weight is 1040 g/mol. The van der Waals surface area contributed by atoms with Crippen LogP contribution in [-0.2, 0) is 28.6 Å². The van der Waals surface area contributed by atoms with Crippen molar-refractivity contribution < 1.29 is 28.6 Å². The predicted molar refractivity (Wildman–Crippen MR) is 321 cm³/mol. The summed E-state index contributed by atoms with van der Waals surface area (Å²) in [5.41, 5.74) is 0. The lowest BCUT2D eigenvalue weighted by atomic mass is 10.0. The molecule has 0 heterocycles. The van der Waals surface area contributed by atoms with Crippen LogP contribution in [-0.4, -0.2) is 37.2 Å². The zero-order valence-corrected chi connectivity index (χ0v) is 49.6. The minimum atomic E-state index is -0.780. The van der Waals surface area contributed by atoms with E-state index in [1.54, 1.807) is 0 Å². The van der Waals surface area contributed by atoms with Gasteiger partial charge in [-0.2, -0.15) is 0 Å². The van der Waals surface area contributed by atoms with Gasteiger partial charge in [-0.3, -0.25) is 14.4 Å². The molecule has 0 saturated heterocycles. The molecule has 432 valence electrons. The van der Waals surface area contributed by atoms with E-state index >= 15 is 0 Å². The maximum Gasteiger partial charge on any atom is 0.306 e. The molecule has 0 aromatic rings. The summed E-state index contributed by atoms with van der Waals surface area (Å²) in [7, 11) is 0. The van der Waals surface area contributed by atoms with Crippen molar-refractivity contribution in [3.8, 4) is 0 Å². The summed E-state index contributed by atoms with van der Waals surface area (Å²) in [6, 6.07) is 0. The monoisotopic (exact) mass is 1040 g/mol. The van der Waals surface area contributed by atoms with Gasteiger partial charge in [-0.15, -0.1) is 0 Å². The summed E-state index contributed by atoms with van der Waals surface area (Å²) in [4.78, 5) is 38.3. The van der Waals surface area contributed by atoms with Gasteiger partial charge >= 0.3 is 17.9 Å². The van der Waals surface area contributed by atoms with E-state index in [9.17, 15) is 14.4 Å². The van der Waals surface area contributed by atoms with Gasteiger partial charge in [-0.25, -0.2) is 0 Å². The highest BCUT2D eigenvalue weighted by atomic mass is 16.6. The van der Waals surface area contributed by atoms with E-state index in [4.69, 9.17) is 14.2 Å². The number of carbonyl (C=O) groups is 3. The third-order valence-electron chi connectivity index (χ3n) is 14.6. The Bertz CT molecular complexity index is 1280. The normalized spacial score (nSPS) is 12.3. The van der Waals surface area contributed by atoms with Gasteiger partial charge in [-0.05, 0) is 77.0 Å². The molecule has 0 bridgehead atoms. The Morgan fingerprint density at radius 2 is 0.527 bits per heavy atom. The van der Waals surface area contributed by atoms with Crippen LogP contribution >= 0.6 is 0 Å². The second-order valence-electron chi connectivity index (χ2n) is 22.0. The quantitative estimate of drug-likeness (QED) is 0.0261. The van der Waals surface area contributed by atoms with E-state index in [0.717, 1.165) is 96.3 Å². The van der Waals surface area contributed by atoms with Gasteiger partial charge in [-0.1, -0.05) is 301 Å². The van der Waals surface area contributed by atoms with E-state index in [1.807, 2.05) is 0 Å². The minimum Gasteiger partial charge on any atom is -0.462 e. The lowest BCUT2D eigenvalue weighted by Crippen LogP contribution is -2.30. The fraction of sp³-hybridized carbons (Fsp3) is 0.838. The molecule has 0 radical (unpaired) electrons. The van der Waals surface area contributed by atoms with Crippen LogP contribution in [0.5, 0.6) is 0 Å². The lowest BCUT2D eigenvalue weighted by molar-refractivity contribution is -0.167. The van der Waals surface area contributed by atoms with Crippen molar-refractivity contribution in [3.05, 3.63) is 48.6 Å². The first-order valence-corrected chi connectivity index (χ1v) is 32.6. The van der Waals surface area contributed by atoms with E-state index in [2.05, 4.69) is 69.4 Å². The molecule has 0 saturated carbocycles. The van der Waals surface area contributed by atoms with Crippen molar-refractivity contribution in [1.29, 1.82) is 0 Å². The van der Waals surface area contributed by atoms with Crippen molar-refractivity contribution in [2.24, 2.45) is 0 Å². The molecule has 1 atom stereocenters. The molecular formula is C68H124O6. The van der Waals surface area contributed by atoms with Crippen LogP contribution in [0.2, 0.25) is 0 Å². The number of unbranched alkanes of at least 4 members (excludes halogenated alkanes) is 41. The van der Waals surface area contributed by atoms with Gasteiger partial charge in [0.05, 0.1) is 0 Å². The van der Waals surface area contributed by atoms with Crippen LogP contribution < -0.4 is 0 Å². The molecule has 74 heavy (non-hydrogen) atoms. The molecular weight excluding hydrogens is 913 g/mol. The zero-order chi connectivity index (χ0) is 53.6. The Labute approximate surface area is 460 Å². The smallest absolute Gasteiger partial charge is 0.306 e. The van der Waals surface area contributed by atoms with Crippen molar-refractivity contribution in [2.75, 3.05) is 13.2 Å². The molecule has 1 unspecified atom stereocenters. The minimum absolute atomic E-state index is 0.0757. The number of rotatable bonds is 60. The summed E-state index contributed by atoms with van der Waals surface area (Å²) in [6.07, 6.45) is 78.4. The van der Waals surface area contributed by atoms with Crippen molar-refractivity contribution >= 4 is 17.9 Å². The van der Waals surface area contributed by atoms with Crippen LogP contribution in [0.25, 0.3) is 0 Å². The third-order valence-corrected chi connectivity index (χ3v) is 14.6. The maximum absolute atomic E-state index is 12.9. The fourth-order valence-corrected chi connectivity index (χ4v) is 9.69. The summed E-state index contributed by atoms with van der Waals surface area (Å²) in [5.74, 6) is -0.873. The Morgan fingerprint density at radius 1 is 0.284 bits per heavy atom. The number of hydrogen-bond donors (Lipinski definition) is 0. The summed E-state index contributed by atoms with van der Waals surface area (Å²) in [5, 5.41) is 0. The number of esters is 3. The highest BCUT2D eigenvalue weighted by molar-refractivity contribution is 5.71. The number of ether oxygens (including phenoxy) is 3. The van der Waals surface area contributed by atoms with Crippen LogP contribution in [0.3, 0.4) is 0 Å². The SMILES string of the molecule is CC/C=C\C/C=C\C/C=C\CCCCCCCC(=O)OCC(COC(=O)CCCCCCCCCCCCCCCCCCCCCCCC)OC(=O)CCCCCCCCCCC/C=C\CCCCCCCC. The first-order chi connectivity index (χ1) is 36.5. The Hall–Kier alpha value is -2.63. The molecule has 0 aliphatic carbocycles. The second-order valence-corrected chi connectivity index (χ2v) is 22.0. The molecule has 0 aliphatic rings. The van der Waals surface area contributed by atoms with Gasteiger partial charge < -0.3 is 14.2 Å². The molecule has 6 heteroatoms. The Kier molecular flexibility index (Phi) is 60.7. The fourth-order valence-electron chi connectivity index (χ4n) is 9.69. The van der Waals surface area contributed by atoms with E-state index in [-0.39, 0.29) is 31.1 Å². The molecule has 0 aromatic carbocycles. The third kappa shape index (κ3) is 60.2. The van der Waals surface area contributed by atoms with E-state index in [1.165, 1.54) is 212 Å². The molecule has 0 rings (SSSR count). The zero-order valence-electron chi connectivity index (χ0n) is 49.6. The van der Waals surface area contributed by atoms with Crippen LogP contribution in [0, 0.1) is 0 Å². The molecule has 0 N–H and O–H groups in total. The average Bonchev–Trinajstić information content (AvgIpc) is 3.40. The second kappa shape index (κ2) is 62.9. The van der Waals surface area contributed by atoms with Crippen molar-refractivity contribution in [1.82, 2.24) is 0 Å². The standard InChI is InChI=1S/C68H124O6/c1-4-7-10-13-16-19-22-25-28-30-32-33-34-36-37-40-43-46-49-52-55-58-61-67(70)73-64-65(63-72-66(69)60-57-54-51-48-45-42-39-27-24-21-18-15-12-9-6-3)74-68(71)62-59-56-53-50-47-44-41-38-35-31-29-26-23-20-17-14-11-8-5-2/h9,12,18,21,26-27,29,39,65H,4-8,10-11,13-17,19-20,22-25,28,30-38,40-64H2,1-3H3/b12-9-,21-18-,29-26-,39-27-. The molecule has 0 aliphatic heterocycles. The van der Waals surface area contributed by atoms with Gasteiger partial charge in [0.15, 0.2) is 6.10 Å². The van der Waals surface area contributed by atoms with Gasteiger partial charge in [0, 0.05) is 19.3 Å². The maximum atomic E-state index is 12.9. The van der Waals surface area contributed by atoms with E-state index < -0.39 is 6.10 Å². The van der Waals surface area contributed by atoms with Gasteiger partial charge in [0.2, 0.25) is 0 Å². The van der Waals surface area contributed by atoms with E-state index in [0.29, 0.717) is 19.3 Å². The number of carbonyl (C=O) groups excluding carboxylic acids is 3. The molecule has 0 fully saturated rings. The van der Waals surface area contributed by atoms with Gasteiger partial charge in [0.25, 0.3) is 0 Å². The van der Waals surface area contributed by atoms with Crippen LogP contribution in [0.15, 0.2) is 48.6 Å². The van der Waals surface area contributed by atoms with Gasteiger partial charge in [0.1, 0.15) is 13.2 Å². The summed E-state index contributed by atoms with van der Waals surface area (Å²) >= 11 is 0. The topological polar surface area (TPSA) is 78.9 Å². The van der Waals surface area contributed by atoms with Crippen LogP contribution in [0.4, 0.5) is 0 Å². The lowest BCUT2D eigenvalue weighted by Gasteiger charge is -2.18. The Balaban J connectivity index is 4.31. The van der Waals surface area contributed by atoms with Crippen LogP contribution in [0.1, 0.15) is 348 Å². The first kappa shape index (κ1) is 71.4. The first-order valence-electron chi connectivity index (χ1n) is 32.6. The number of allylic oxidation sites excluding steroid dienone is 8. The summed E-state index contributed by atoms with van der Waals surface area (Å²) in [6.45, 7) is 6.57.